The molecule has 0 spiro atoms. The minimum Gasteiger partial charge on any atom is -0.311 e. The van der Waals surface area contributed by atoms with E-state index >= 15 is 0 Å². The first-order chi connectivity index (χ1) is 10.7. The summed E-state index contributed by atoms with van der Waals surface area (Å²) in [5.41, 5.74) is 7.91. The molecule has 3 aromatic rings. The van der Waals surface area contributed by atoms with Crippen molar-refractivity contribution in [1.82, 2.24) is 14.7 Å². The molecule has 0 unspecified atom stereocenters. The summed E-state index contributed by atoms with van der Waals surface area (Å²) in [5, 5.41) is 3.46. The summed E-state index contributed by atoms with van der Waals surface area (Å²) in [4.78, 5) is 7.61. The quantitative estimate of drug-likeness (QED) is 0.778. The maximum absolute atomic E-state index is 5.00. The molecule has 0 saturated carbocycles. The molecule has 114 valence electrons. The van der Waals surface area contributed by atoms with Crippen molar-refractivity contribution in [3.63, 3.8) is 0 Å². The second-order valence-electron chi connectivity index (χ2n) is 6.10. The number of benzene rings is 1. The molecule has 0 atom stereocenters. The molecular weight excluding hydrogens is 290 g/mol. The van der Waals surface area contributed by atoms with Crippen LogP contribution >= 0.6 is 11.3 Å². The van der Waals surface area contributed by atoms with Crippen LogP contribution in [0.25, 0.3) is 16.2 Å². The van der Waals surface area contributed by atoms with Crippen LogP contribution in [0.2, 0.25) is 0 Å². The molecule has 0 fully saturated rings. The zero-order chi connectivity index (χ0) is 15.3. The molecule has 0 saturated heterocycles. The summed E-state index contributed by atoms with van der Waals surface area (Å²) in [5.74, 6) is 0. The third kappa shape index (κ3) is 2.02. The molecule has 0 bridgehead atoms. The van der Waals surface area contributed by atoms with Crippen molar-refractivity contribution in [2.24, 2.45) is 0 Å². The first kappa shape index (κ1) is 14.0. The Morgan fingerprint density at radius 3 is 2.95 bits per heavy atom. The monoisotopic (exact) mass is 311 g/mol. The Balaban J connectivity index is 1.97. The average molecular weight is 311 g/mol. The summed E-state index contributed by atoms with van der Waals surface area (Å²) in [6.07, 6.45) is 2.12. The highest BCUT2D eigenvalue weighted by molar-refractivity contribution is 7.17. The van der Waals surface area contributed by atoms with Gasteiger partial charge < -0.3 is 5.32 Å². The molecule has 1 aliphatic rings. The molecule has 4 heteroatoms. The van der Waals surface area contributed by atoms with Gasteiger partial charge in [-0.1, -0.05) is 42.0 Å². The first-order valence-corrected chi connectivity index (χ1v) is 8.81. The molecule has 1 N–H and O–H groups in total. The number of aryl methyl sites for hydroxylation is 3. The Bertz CT molecular complexity index is 857. The Hall–Kier alpha value is -1.65. The highest BCUT2D eigenvalue weighted by atomic mass is 32.1. The fourth-order valence-corrected chi connectivity index (χ4v) is 4.65. The van der Waals surface area contributed by atoms with E-state index in [0.717, 1.165) is 30.9 Å². The van der Waals surface area contributed by atoms with Crippen LogP contribution in [0, 0.1) is 13.8 Å². The van der Waals surface area contributed by atoms with Crippen molar-refractivity contribution in [3.8, 4) is 11.3 Å². The van der Waals surface area contributed by atoms with Crippen molar-refractivity contribution < 1.29 is 0 Å². The van der Waals surface area contributed by atoms with Crippen LogP contribution in [0.1, 0.15) is 34.3 Å². The van der Waals surface area contributed by atoms with Crippen LogP contribution < -0.4 is 5.32 Å². The maximum atomic E-state index is 5.00. The average Bonchev–Trinajstić information content (AvgIpc) is 3.02. The smallest absolute Gasteiger partial charge is 0.194 e. The largest absolute Gasteiger partial charge is 0.311 e. The fourth-order valence-electron chi connectivity index (χ4n) is 3.49. The predicted octanol–water partition coefficient (Wildman–Crippen LogP) is 3.89. The molecule has 0 amide bonds. The number of nitrogens with one attached hydrogen (secondary N) is 1. The van der Waals surface area contributed by atoms with Gasteiger partial charge in [-0.15, -0.1) is 0 Å². The van der Waals surface area contributed by atoms with E-state index in [1.54, 1.807) is 0 Å². The van der Waals surface area contributed by atoms with Crippen LogP contribution in [-0.2, 0) is 19.4 Å². The summed E-state index contributed by atoms with van der Waals surface area (Å²) in [6.45, 7) is 8.63. The zero-order valence-electron chi connectivity index (χ0n) is 13.4. The van der Waals surface area contributed by atoms with Gasteiger partial charge in [-0.05, 0) is 25.8 Å². The van der Waals surface area contributed by atoms with Crippen molar-refractivity contribution in [2.45, 2.75) is 40.2 Å². The van der Waals surface area contributed by atoms with Gasteiger partial charge in [0.25, 0.3) is 0 Å². The van der Waals surface area contributed by atoms with Crippen molar-refractivity contribution in [1.29, 1.82) is 0 Å². The van der Waals surface area contributed by atoms with E-state index in [-0.39, 0.29) is 0 Å². The first-order valence-electron chi connectivity index (χ1n) is 7.99. The highest BCUT2D eigenvalue weighted by Gasteiger charge is 2.22. The molecule has 1 aliphatic heterocycles. The minimum atomic E-state index is 0.991. The molecule has 4 rings (SSSR count). The number of thiazole rings is 1. The lowest BCUT2D eigenvalue weighted by atomic mass is 10.0. The lowest BCUT2D eigenvalue weighted by Gasteiger charge is -2.14. The standard InChI is InChI=1S/C18H21N3S/c1-4-14-17(13-6-5-11(2)9-12(13)3)20-18-21(14)15-7-8-19-10-16(15)22-18/h5-6,9,19H,4,7-8,10H2,1-3H3. The molecule has 3 nitrogen and oxygen atoms in total. The van der Waals surface area contributed by atoms with Gasteiger partial charge in [-0.25, -0.2) is 4.98 Å². The van der Waals surface area contributed by atoms with E-state index < -0.39 is 0 Å². The molecule has 2 aromatic heterocycles. The number of rotatable bonds is 2. The van der Waals surface area contributed by atoms with Crippen LogP contribution in [0.5, 0.6) is 0 Å². The van der Waals surface area contributed by atoms with E-state index in [2.05, 4.69) is 48.7 Å². The molecule has 22 heavy (non-hydrogen) atoms. The lowest BCUT2D eigenvalue weighted by molar-refractivity contribution is 0.635. The summed E-state index contributed by atoms with van der Waals surface area (Å²) < 4.78 is 2.43. The van der Waals surface area contributed by atoms with Crippen molar-refractivity contribution in [2.75, 3.05) is 6.54 Å². The van der Waals surface area contributed by atoms with Crippen molar-refractivity contribution in [3.05, 3.63) is 45.6 Å². The summed E-state index contributed by atoms with van der Waals surface area (Å²) in [6, 6.07) is 6.67. The Morgan fingerprint density at radius 1 is 1.32 bits per heavy atom. The number of imidazole rings is 1. The van der Waals surface area contributed by atoms with Crippen LogP contribution in [0.15, 0.2) is 18.2 Å². The van der Waals surface area contributed by atoms with E-state index in [4.69, 9.17) is 4.98 Å². The Morgan fingerprint density at radius 2 is 2.18 bits per heavy atom. The molecular formula is C18H21N3S. The lowest BCUT2D eigenvalue weighted by Crippen LogP contribution is -2.23. The molecule has 1 aromatic carbocycles. The summed E-state index contributed by atoms with van der Waals surface area (Å²) in [7, 11) is 0. The third-order valence-corrected chi connectivity index (χ3v) is 5.63. The van der Waals surface area contributed by atoms with Gasteiger partial charge in [0.2, 0.25) is 0 Å². The number of hydrogen-bond donors (Lipinski definition) is 1. The van der Waals surface area contributed by atoms with Crippen LogP contribution in [-0.4, -0.2) is 15.9 Å². The van der Waals surface area contributed by atoms with Gasteiger partial charge in [-0.2, -0.15) is 0 Å². The second kappa shape index (κ2) is 5.21. The SMILES string of the molecule is CCc1c(-c2ccc(C)cc2C)nc2sc3c(n12)CCNC3. The Kier molecular flexibility index (Phi) is 3.31. The third-order valence-electron chi connectivity index (χ3n) is 4.54. The number of aromatic nitrogens is 2. The molecule has 3 heterocycles. The van der Waals surface area contributed by atoms with E-state index in [0.29, 0.717) is 0 Å². The van der Waals surface area contributed by atoms with E-state index in [1.165, 1.54) is 38.6 Å². The minimum absolute atomic E-state index is 0.991. The number of nitrogens with zero attached hydrogens (tertiary/aromatic N) is 2. The van der Waals surface area contributed by atoms with Gasteiger partial charge in [0, 0.05) is 35.6 Å². The van der Waals surface area contributed by atoms with Gasteiger partial charge in [-0.3, -0.25) is 4.40 Å². The predicted molar refractivity (Wildman–Crippen MR) is 92.8 cm³/mol. The van der Waals surface area contributed by atoms with Gasteiger partial charge in [0.15, 0.2) is 4.96 Å². The van der Waals surface area contributed by atoms with E-state index in [1.807, 2.05) is 11.3 Å². The maximum Gasteiger partial charge on any atom is 0.194 e. The van der Waals surface area contributed by atoms with Crippen LogP contribution in [0.4, 0.5) is 0 Å². The summed E-state index contributed by atoms with van der Waals surface area (Å²) >= 11 is 1.84. The second-order valence-corrected chi connectivity index (χ2v) is 7.16. The highest BCUT2D eigenvalue weighted by Crippen LogP contribution is 2.34. The Labute approximate surface area is 135 Å². The van der Waals surface area contributed by atoms with Gasteiger partial charge >= 0.3 is 0 Å². The zero-order valence-corrected chi connectivity index (χ0v) is 14.2. The van der Waals surface area contributed by atoms with Crippen molar-refractivity contribution >= 4 is 16.3 Å². The number of hydrogen-bond acceptors (Lipinski definition) is 3. The van der Waals surface area contributed by atoms with E-state index in [9.17, 15) is 0 Å². The topological polar surface area (TPSA) is 29.3 Å². The van der Waals surface area contributed by atoms with Gasteiger partial charge in [0.1, 0.15) is 0 Å². The van der Waals surface area contributed by atoms with Crippen LogP contribution in [0.3, 0.4) is 0 Å². The number of fused-ring (bicyclic) bond motifs is 3. The molecule has 0 aliphatic carbocycles. The molecule has 0 radical (unpaired) electrons. The fraction of sp³-hybridized carbons (Fsp3) is 0.389. The van der Waals surface area contributed by atoms with Gasteiger partial charge in [0.05, 0.1) is 11.4 Å². The normalized spacial score (nSPS) is 14.5.